The van der Waals surface area contributed by atoms with Gasteiger partial charge in [0.2, 0.25) is 0 Å². The van der Waals surface area contributed by atoms with Crippen molar-refractivity contribution >= 4 is 17.6 Å². The number of benzene rings is 1. The van der Waals surface area contributed by atoms with Gasteiger partial charge in [0.05, 0.1) is 5.92 Å². The first-order valence-corrected chi connectivity index (χ1v) is 6.65. The van der Waals surface area contributed by atoms with Crippen molar-refractivity contribution in [3.8, 4) is 0 Å². The van der Waals surface area contributed by atoms with Crippen molar-refractivity contribution in [1.29, 1.82) is 0 Å². The van der Waals surface area contributed by atoms with Crippen LogP contribution in [0.25, 0.3) is 0 Å². The monoisotopic (exact) mass is 287 g/mol. The van der Waals surface area contributed by atoms with Crippen molar-refractivity contribution < 1.29 is 19.1 Å². The second-order valence-electron chi connectivity index (χ2n) is 5.00. The van der Waals surface area contributed by atoms with E-state index < -0.39 is 11.9 Å². The highest BCUT2D eigenvalue weighted by molar-refractivity contribution is 6.02. The molecule has 0 aliphatic rings. The highest BCUT2D eigenvalue weighted by Crippen LogP contribution is 2.15. The fraction of sp³-hybridized carbons (Fsp3) is 0.250. The Balaban J connectivity index is 1.99. The minimum atomic E-state index is -0.819. The third-order valence-electron chi connectivity index (χ3n) is 3.14. The maximum Gasteiger partial charge on any atom is 0.306 e. The van der Waals surface area contributed by atoms with Crippen LogP contribution < -0.4 is 5.32 Å². The van der Waals surface area contributed by atoms with Gasteiger partial charge in [0.1, 0.15) is 5.76 Å². The van der Waals surface area contributed by atoms with E-state index in [-0.39, 0.29) is 11.7 Å². The van der Waals surface area contributed by atoms with E-state index in [4.69, 9.17) is 9.52 Å². The molecule has 1 aromatic heterocycles. The molecule has 2 N–H and O–H groups in total. The van der Waals surface area contributed by atoms with Crippen LogP contribution in [0.2, 0.25) is 0 Å². The van der Waals surface area contributed by atoms with Crippen molar-refractivity contribution in [2.45, 2.75) is 20.3 Å². The molecule has 0 aliphatic carbocycles. The minimum absolute atomic E-state index is 0.260. The molecule has 0 spiro atoms. The summed E-state index contributed by atoms with van der Waals surface area (Å²) < 4.78 is 5.24. The number of carboxylic acids is 1. The van der Waals surface area contributed by atoms with Crippen LogP contribution in [0, 0.1) is 12.8 Å². The predicted octanol–water partition coefficient (Wildman–Crippen LogP) is 3.10. The smallest absolute Gasteiger partial charge is 0.306 e. The van der Waals surface area contributed by atoms with Crippen molar-refractivity contribution in [3.63, 3.8) is 0 Å². The molecule has 2 rings (SSSR count). The van der Waals surface area contributed by atoms with Gasteiger partial charge < -0.3 is 14.8 Å². The standard InChI is InChI=1S/C16H17NO4/c1-10(16(19)20)9-12-4-6-13(7-5-12)17-15(18)14-8-3-11(2)21-14/h3-8,10H,9H2,1-2H3,(H,17,18)(H,19,20). The molecule has 0 fully saturated rings. The molecular weight excluding hydrogens is 270 g/mol. The Bertz CT molecular complexity index is 643. The molecule has 1 aromatic carbocycles. The molecule has 2 aromatic rings. The summed E-state index contributed by atoms with van der Waals surface area (Å²) in [6, 6.07) is 10.5. The lowest BCUT2D eigenvalue weighted by atomic mass is 10.0. The second-order valence-corrected chi connectivity index (χ2v) is 5.00. The molecule has 1 amide bonds. The van der Waals surface area contributed by atoms with Gasteiger partial charge in [-0.05, 0) is 43.2 Å². The number of amides is 1. The lowest BCUT2D eigenvalue weighted by molar-refractivity contribution is -0.141. The number of aryl methyl sites for hydroxylation is 1. The maximum atomic E-state index is 11.9. The summed E-state index contributed by atoms with van der Waals surface area (Å²) in [6.45, 7) is 3.44. The van der Waals surface area contributed by atoms with Crippen LogP contribution in [0.4, 0.5) is 5.69 Å². The van der Waals surface area contributed by atoms with E-state index in [0.717, 1.165) is 5.56 Å². The van der Waals surface area contributed by atoms with Crippen molar-refractivity contribution in [1.82, 2.24) is 0 Å². The Labute approximate surface area is 122 Å². The third-order valence-corrected chi connectivity index (χ3v) is 3.14. The summed E-state index contributed by atoms with van der Waals surface area (Å²) in [7, 11) is 0. The summed E-state index contributed by atoms with van der Waals surface area (Å²) in [6.07, 6.45) is 0.459. The number of carbonyl (C=O) groups is 2. The molecule has 110 valence electrons. The molecule has 0 aliphatic heterocycles. The molecule has 5 heteroatoms. The molecule has 0 saturated carbocycles. The average Bonchev–Trinajstić information content (AvgIpc) is 2.87. The summed E-state index contributed by atoms with van der Waals surface area (Å²) >= 11 is 0. The molecule has 21 heavy (non-hydrogen) atoms. The first-order chi connectivity index (χ1) is 9.95. The SMILES string of the molecule is Cc1ccc(C(=O)Nc2ccc(CC(C)C(=O)O)cc2)o1. The summed E-state index contributed by atoms with van der Waals surface area (Å²) in [5.41, 5.74) is 1.55. The summed E-state index contributed by atoms with van der Waals surface area (Å²) in [5.74, 6) is -0.624. The Morgan fingerprint density at radius 2 is 1.86 bits per heavy atom. The van der Waals surface area contributed by atoms with Gasteiger partial charge in [0.25, 0.3) is 5.91 Å². The second kappa shape index (κ2) is 6.26. The van der Waals surface area contributed by atoms with E-state index in [1.165, 1.54) is 0 Å². The number of aliphatic carboxylic acids is 1. The minimum Gasteiger partial charge on any atom is -0.481 e. The van der Waals surface area contributed by atoms with Gasteiger partial charge in [-0.1, -0.05) is 19.1 Å². The van der Waals surface area contributed by atoms with E-state index in [1.54, 1.807) is 38.1 Å². The quantitative estimate of drug-likeness (QED) is 0.885. The zero-order chi connectivity index (χ0) is 15.4. The van der Waals surface area contributed by atoms with Crippen LogP contribution in [-0.2, 0) is 11.2 Å². The molecule has 1 heterocycles. The Kier molecular flexibility index (Phi) is 4.42. The van der Waals surface area contributed by atoms with Crippen LogP contribution in [0.1, 0.15) is 28.8 Å². The normalized spacial score (nSPS) is 11.9. The zero-order valence-electron chi connectivity index (χ0n) is 11.9. The highest BCUT2D eigenvalue weighted by Gasteiger charge is 2.12. The van der Waals surface area contributed by atoms with Crippen LogP contribution in [0.5, 0.6) is 0 Å². The van der Waals surface area contributed by atoms with Gasteiger partial charge >= 0.3 is 5.97 Å². The number of hydrogen-bond donors (Lipinski definition) is 2. The first-order valence-electron chi connectivity index (χ1n) is 6.65. The molecule has 0 saturated heterocycles. The Morgan fingerprint density at radius 3 is 2.38 bits per heavy atom. The lowest BCUT2D eigenvalue weighted by Gasteiger charge is -2.08. The number of furan rings is 1. The van der Waals surface area contributed by atoms with Crippen molar-refractivity contribution in [3.05, 3.63) is 53.5 Å². The number of anilines is 1. The number of hydrogen-bond acceptors (Lipinski definition) is 3. The lowest BCUT2D eigenvalue weighted by Crippen LogP contribution is -2.13. The van der Waals surface area contributed by atoms with E-state index in [9.17, 15) is 9.59 Å². The van der Waals surface area contributed by atoms with Gasteiger partial charge in [-0.2, -0.15) is 0 Å². The first kappa shape index (κ1) is 14.8. The predicted molar refractivity (Wildman–Crippen MR) is 78.3 cm³/mol. The van der Waals surface area contributed by atoms with Gasteiger partial charge in [0.15, 0.2) is 5.76 Å². The molecule has 1 unspecified atom stereocenters. The average molecular weight is 287 g/mol. The van der Waals surface area contributed by atoms with E-state index in [0.29, 0.717) is 17.9 Å². The molecular formula is C16H17NO4. The van der Waals surface area contributed by atoms with Crippen LogP contribution in [0.15, 0.2) is 40.8 Å². The van der Waals surface area contributed by atoms with E-state index in [2.05, 4.69) is 5.32 Å². The molecule has 0 bridgehead atoms. The molecule has 1 atom stereocenters. The Morgan fingerprint density at radius 1 is 1.19 bits per heavy atom. The van der Waals surface area contributed by atoms with Crippen LogP contribution in [0.3, 0.4) is 0 Å². The highest BCUT2D eigenvalue weighted by atomic mass is 16.4. The van der Waals surface area contributed by atoms with Gasteiger partial charge in [-0.25, -0.2) is 0 Å². The van der Waals surface area contributed by atoms with E-state index >= 15 is 0 Å². The van der Waals surface area contributed by atoms with Crippen molar-refractivity contribution in [2.75, 3.05) is 5.32 Å². The van der Waals surface area contributed by atoms with Gasteiger partial charge in [0, 0.05) is 5.69 Å². The Hall–Kier alpha value is -2.56. The zero-order valence-corrected chi connectivity index (χ0v) is 11.9. The fourth-order valence-electron chi connectivity index (χ4n) is 1.91. The van der Waals surface area contributed by atoms with E-state index in [1.807, 2.05) is 12.1 Å². The topological polar surface area (TPSA) is 79.5 Å². The largest absolute Gasteiger partial charge is 0.481 e. The number of carbonyl (C=O) groups excluding carboxylic acids is 1. The van der Waals surface area contributed by atoms with Crippen LogP contribution in [-0.4, -0.2) is 17.0 Å². The summed E-state index contributed by atoms with van der Waals surface area (Å²) in [5, 5.41) is 11.6. The number of rotatable bonds is 5. The molecule has 5 nitrogen and oxygen atoms in total. The third kappa shape index (κ3) is 3.95. The van der Waals surface area contributed by atoms with Crippen molar-refractivity contribution in [2.24, 2.45) is 5.92 Å². The number of nitrogens with one attached hydrogen (secondary N) is 1. The maximum absolute atomic E-state index is 11.9. The fourth-order valence-corrected chi connectivity index (χ4v) is 1.91. The summed E-state index contributed by atoms with van der Waals surface area (Å²) in [4.78, 5) is 22.7. The van der Waals surface area contributed by atoms with Gasteiger partial charge in [-0.3, -0.25) is 9.59 Å². The van der Waals surface area contributed by atoms with Gasteiger partial charge in [-0.15, -0.1) is 0 Å². The molecule has 0 radical (unpaired) electrons. The number of carboxylic acid groups (broad SMARTS) is 1. The van der Waals surface area contributed by atoms with Crippen LogP contribution >= 0.6 is 0 Å².